The Kier molecular flexibility index (Phi) is 8.58. The van der Waals surface area contributed by atoms with Gasteiger partial charge in [-0.25, -0.2) is 0 Å². The molecule has 1 aromatic heterocycles. The average Bonchev–Trinajstić information content (AvgIpc) is 2.83. The van der Waals surface area contributed by atoms with Crippen LogP contribution in [0.15, 0.2) is 24.8 Å². The molecule has 112 valence electrons. The van der Waals surface area contributed by atoms with Gasteiger partial charge in [0.1, 0.15) is 0 Å². The second-order valence-electron chi connectivity index (χ2n) is 4.72. The Hall–Kier alpha value is -0.840. The van der Waals surface area contributed by atoms with E-state index in [1.54, 1.807) is 6.08 Å². The van der Waals surface area contributed by atoms with E-state index in [1.165, 1.54) is 11.3 Å². The third kappa shape index (κ3) is 6.55. The van der Waals surface area contributed by atoms with Crippen molar-refractivity contribution in [2.75, 3.05) is 13.1 Å². The van der Waals surface area contributed by atoms with Crippen molar-refractivity contribution in [3.8, 4) is 0 Å². The standard InChI is InChI=1S/C15H23ClN2OS/c1-2-11-18(12-13-8-9-14(16)20-13)15(19)7-5-3-4-6-10-17/h2,8-9H,1,3-7,10-12,17H2. The van der Waals surface area contributed by atoms with Crippen LogP contribution in [0.5, 0.6) is 0 Å². The molecule has 0 fully saturated rings. The zero-order valence-corrected chi connectivity index (χ0v) is 13.4. The van der Waals surface area contributed by atoms with Gasteiger partial charge in [0.05, 0.1) is 10.9 Å². The van der Waals surface area contributed by atoms with Crippen molar-refractivity contribution in [1.82, 2.24) is 4.90 Å². The second-order valence-corrected chi connectivity index (χ2v) is 6.52. The van der Waals surface area contributed by atoms with E-state index in [0.717, 1.165) is 41.4 Å². The van der Waals surface area contributed by atoms with Crippen LogP contribution < -0.4 is 5.73 Å². The maximum atomic E-state index is 12.2. The van der Waals surface area contributed by atoms with E-state index in [4.69, 9.17) is 17.3 Å². The molecule has 0 aliphatic carbocycles. The molecule has 1 heterocycles. The molecule has 0 atom stereocenters. The van der Waals surface area contributed by atoms with Crippen molar-refractivity contribution in [3.63, 3.8) is 0 Å². The minimum atomic E-state index is 0.183. The normalized spacial score (nSPS) is 10.5. The molecule has 0 unspecified atom stereocenters. The fourth-order valence-electron chi connectivity index (χ4n) is 1.97. The van der Waals surface area contributed by atoms with Gasteiger partial charge < -0.3 is 10.6 Å². The Balaban J connectivity index is 2.39. The monoisotopic (exact) mass is 314 g/mol. The van der Waals surface area contributed by atoms with Crippen LogP contribution in [0, 0.1) is 0 Å². The lowest BCUT2D eigenvalue weighted by atomic mass is 10.1. The van der Waals surface area contributed by atoms with E-state index in [0.29, 0.717) is 19.5 Å². The summed E-state index contributed by atoms with van der Waals surface area (Å²) in [5, 5.41) is 0. The Morgan fingerprint density at radius 3 is 2.70 bits per heavy atom. The molecule has 0 aliphatic rings. The van der Waals surface area contributed by atoms with Crippen LogP contribution >= 0.6 is 22.9 Å². The largest absolute Gasteiger partial charge is 0.334 e. The molecule has 5 heteroatoms. The second kappa shape index (κ2) is 9.97. The van der Waals surface area contributed by atoms with Crippen LogP contribution in [-0.4, -0.2) is 23.9 Å². The predicted molar refractivity (Wildman–Crippen MR) is 87.1 cm³/mol. The summed E-state index contributed by atoms with van der Waals surface area (Å²) in [6, 6.07) is 3.84. The highest BCUT2D eigenvalue weighted by Gasteiger charge is 2.13. The van der Waals surface area contributed by atoms with Crippen molar-refractivity contribution in [2.24, 2.45) is 5.73 Å². The number of nitrogens with zero attached hydrogens (tertiary/aromatic N) is 1. The van der Waals surface area contributed by atoms with E-state index in [-0.39, 0.29) is 5.91 Å². The topological polar surface area (TPSA) is 46.3 Å². The molecule has 0 radical (unpaired) electrons. The molecule has 0 saturated heterocycles. The first-order chi connectivity index (χ1) is 9.67. The van der Waals surface area contributed by atoms with Crippen molar-refractivity contribution < 1.29 is 4.79 Å². The van der Waals surface area contributed by atoms with Gasteiger partial charge >= 0.3 is 0 Å². The first-order valence-corrected chi connectivity index (χ1v) is 8.19. The van der Waals surface area contributed by atoms with E-state index >= 15 is 0 Å². The fourth-order valence-corrected chi connectivity index (χ4v) is 3.07. The molecule has 1 rings (SSSR count). The third-order valence-electron chi connectivity index (χ3n) is 3.02. The maximum absolute atomic E-state index is 12.2. The molecule has 1 aromatic rings. The van der Waals surface area contributed by atoms with Gasteiger partial charge in [0.2, 0.25) is 5.91 Å². The molecule has 0 spiro atoms. The summed E-state index contributed by atoms with van der Waals surface area (Å²) in [6.45, 7) is 5.65. The van der Waals surface area contributed by atoms with E-state index in [1.807, 2.05) is 17.0 Å². The Morgan fingerprint density at radius 1 is 1.35 bits per heavy atom. The SMILES string of the molecule is C=CCN(Cc1ccc(Cl)s1)C(=O)CCCCCCN. The van der Waals surface area contributed by atoms with Gasteiger partial charge in [-0.2, -0.15) is 0 Å². The van der Waals surface area contributed by atoms with Crippen LogP contribution in [-0.2, 0) is 11.3 Å². The molecule has 3 nitrogen and oxygen atoms in total. The molecule has 2 N–H and O–H groups in total. The lowest BCUT2D eigenvalue weighted by molar-refractivity contribution is -0.131. The van der Waals surface area contributed by atoms with Gasteiger partial charge in [0.15, 0.2) is 0 Å². The minimum absolute atomic E-state index is 0.183. The predicted octanol–water partition coefficient (Wildman–Crippen LogP) is 3.83. The Labute approximate surface area is 130 Å². The Morgan fingerprint density at radius 2 is 2.10 bits per heavy atom. The highest BCUT2D eigenvalue weighted by Crippen LogP contribution is 2.23. The number of amides is 1. The van der Waals surface area contributed by atoms with Gasteiger partial charge in [-0.15, -0.1) is 17.9 Å². The first-order valence-electron chi connectivity index (χ1n) is 7.00. The van der Waals surface area contributed by atoms with Gasteiger partial charge in [0.25, 0.3) is 0 Å². The summed E-state index contributed by atoms with van der Waals surface area (Å²) < 4.78 is 0.757. The third-order valence-corrected chi connectivity index (χ3v) is 4.24. The molecule has 1 amide bonds. The number of halogens is 1. The zero-order chi connectivity index (χ0) is 14.8. The fraction of sp³-hybridized carbons (Fsp3) is 0.533. The number of hydrogen-bond acceptors (Lipinski definition) is 3. The van der Waals surface area contributed by atoms with Crippen molar-refractivity contribution in [2.45, 2.75) is 38.6 Å². The molecular formula is C15H23ClN2OS. The van der Waals surface area contributed by atoms with Crippen molar-refractivity contribution in [3.05, 3.63) is 34.0 Å². The number of carbonyl (C=O) groups excluding carboxylic acids is 1. The number of unbranched alkanes of at least 4 members (excludes halogenated alkanes) is 3. The number of hydrogen-bond donors (Lipinski definition) is 1. The number of thiophene rings is 1. The molecular weight excluding hydrogens is 292 g/mol. The van der Waals surface area contributed by atoms with Crippen LogP contribution in [0.2, 0.25) is 4.34 Å². The summed E-state index contributed by atoms with van der Waals surface area (Å²) in [5.41, 5.74) is 5.45. The van der Waals surface area contributed by atoms with Gasteiger partial charge in [-0.05, 0) is 31.5 Å². The van der Waals surface area contributed by atoms with E-state index in [9.17, 15) is 4.79 Å². The first kappa shape index (κ1) is 17.2. The van der Waals surface area contributed by atoms with Crippen LogP contribution in [0.1, 0.15) is 37.0 Å². The quantitative estimate of drug-likeness (QED) is 0.527. The van der Waals surface area contributed by atoms with Crippen molar-refractivity contribution >= 4 is 28.8 Å². The summed E-state index contributed by atoms with van der Waals surface area (Å²) >= 11 is 7.43. The van der Waals surface area contributed by atoms with Crippen molar-refractivity contribution in [1.29, 1.82) is 0 Å². The number of nitrogens with two attached hydrogens (primary N) is 1. The average molecular weight is 315 g/mol. The van der Waals surface area contributed by atoms with Crippen LogP contribution in [0.3, 0.4) is 0 Å². The van der Waals surface area contributed by atoms with Crippen LogP contribution in [0.25, 0.3) is 0 Å². The van der Waals surface area contributed by atoms with Gasteiger partial charge in [0, 0.05) is 17.8 Å². The molecule has 0 aliphatic heterocycles. The van der Waals surface area contributed by atoms with Crippen LogP contribution in [0.4, 0.5) is 0 Å². The van der Waals surface area contributed by atoms with Gasteiger partial charge in [-0.3, -0.25) is 4.79 Å². The summed E-state index contributed by atoms with van der Waals surface area (Å²) in [5.74, 6) is 0.183. The lowest BCUT2D eigenvalue weighted by Crippen LogP contribution is -2.30. The lowest BCUT2D eigenvalue weighted by Gasteiger charge is -2.20. The summed E-state index contributed by atoms with van der Waals surface area (Å²) in [7, 11) is 0. The van der Waals surface area contributed by atoms with Gasteiger partial charge in [-0.1, -0.05) is 30.5 Å². The molecule has 20 heavy (non-hydrogen) atoms. The summed E-state index contributed by atoms with van der Waals surface area (Å²) in [6.07, 6.45) is 6.50. The highest BCUT2D eigenvalue weighted by atomic mass is 35.5. The van der Waals surface area contributed by atoms with E-state index < -0.39 is 0 Å². The number of rotatable bonds is 10. The molecule has 0 bridgehead atoms. The zero-order valence-electron chi connectivity index (χ0n) is 11.8. The molecule has 0 aromatic carbocycles. The smallest absolute Gasteiger partial charge is 0.223 e. The van der Waals surface area contributed by atoms with E-state index in [2.05, 4.69) is 6.58 Å². The molecule has 0 saturated carbocycles. The maximum Gasteiger partial charge on any atom is 0.223 e. The summed E-state index contributed by atoms with van der Waals surface area (Å²) in [4.78, 5) is 15.1. The number of carbonyl (C=O) groups is 1. The highest BCUT2D eigenvalue weighted by molar-refractivity contribution is 7.16. The Bertz CT molecular complexity index is 420. The minimum Gasteiger partial charge on any atom is -0.334 e.